The molecule has 1 aliphatic carbocycles. The van der Waals surface area contributed by atoms with E-state index in [-0.39, 0.29) is 22.2 Å². The fraction of sp³-hybridized carbons (Fsp3) is 0.933. The Morgan fingerprint density at radius 2 is 1.78 bits per heavy atom. The Kier molecular flexibility index (Phi) is 3.05. The lowest BCUT2D eigenvalue weighted by Crippen LogP contribution is -2.47. The number of rotatable bonds is 3. The Morgan fingerprint density at radius 1 is 1.22 bits per heavy atom. The van der Waals surface area contributed by atoms with E-state index in [1.165, 1.54) is 0 Å². The molecule has 1 unspecified atom stereocenters. The number of carbonyl (C=O) groups is 1. The molecule has 1 saturated heterocycles. The van der Waals surface area contributed by atoms with E-state index in [9.17, 15) is 4.79 Å². The largest absolute Gasteiger partial charge is 0.352 e. The van der Waals surface area contributed by atoms with Gasteiger partial charge in [0.15, 0.2) is 0 Å². The SMILES string of the molecule is CC(C)C1(C(=O)NC2C(C)(C)C2(C)C)CCNC1. The lowest BCUT2D eigenvalue weighted by atomic mass is 9.75. The van der Waals surface area contributed by atoms with Crippen LogP contribution in [0.25, 0.3) is 0 Å². The minimum atomic E-state index is -0.200. The predicted octanol–water partition coefficient (Wildman–Crippen LogP) is 2.17. The molecule has 0 aromatic carbocycles. The first-order chi connectivity index (χ1) is 8.16. The summed E-state index contributed by atoms with van der Waals surface area (Å²) in [6.45, 7) is 15.1. The van der Waals surface area contributed by atoms with Crippen LogP contribution in [0.3, 0.4) is 0 Å². The number of hydrogen-bond acceptors (Lipinski definition) is 2. The molecule has 1 amide bonds. The van der Waals surface area contributed by atoms with Gasteiger partial charge in [-0.25, -0.2) is 0 Å². The summed E-state index contributed by atoms with van der Waals surface area (Å²) in [5.74, 6) is 0.642. The van der Waals surface area contributed by atoms with Crippen LogP contribution in [-0.2, 0) is 4.79 Å². The topological polar surface area (TPSA) is 41.1 Å². The van der Waals surface area contributed by atoms with Crippen LogP contribution < -0.4 is 10.6 Å². The van der Waals surface area contributed by atoms with Gasteiger partial charge in [-0.15, -0.1) is 0 Å². The van der Waals surface area contributed by atoms with Crippen molar-refractivity contribution in [3.8, 4) is 0 Å². The third-order valence-corrected chi connectivity index (χ3v) is 6.04. The molecule has 0 aromatic heterocycles. The van der Waals surface area contributed by atoms with Gasteiger partial charge in [0.1, 0.15) is 0 Å². The van der Waals surface area contributed by atoms with Gasteiger partial charge in [0.2, 0.25) is 5.91 Å². The molecule has 2 N–H and O–H groups in total. The molecule has 2 fully saturated rings. The zero-order valence-electron chi connectivity index (χ0n) is 12.7. The second-order valence-electron chi connectivity index (χ2n) is 7.59. The zero-order chi connectivity index (χ0) is 13.8. The smallest absolute Gasteiger partial charge is 0.228 e. The van der Waals surface area contributed by atoms with Gasteiger partial charge in [0.05, 0.1) is 5.41 Å². The third-order valence-electron chi connectivity index (χ3n) is 6.04. The molecule has 0 spiro atoms. The van der Waals surface area contributed by atoms with Crippen molar-refractivity contribution in [1.82, 2.24) is 10.6 Å². The Bertz CT molecular complexity index is 338. The second-order valence-corrected chi connectivity index (χ2v) is 7.59. The predicted molar refractivity (Wildman–Crippen MR) is 74.3 cm³/mol. The number of nitrogens with one attached hydrogen (secondary N) is 2. The molecule has 2 aliphatic rings. The molecule has 1 saturated carbocycles. The van der Waals surface area contributed by atoms with Crippen molar-refractivity contribution in [2.24, 2.45) is 22.2 Å². The molecule has 3 heteroatoms. The normalized spacial score (nSPS) is 33.7. The van der Waals surface area contributed by atoms with Gasteiger partial charge in [-0.3, -0.25) is 4.79 Å². The van der Waals surface area contributed by atoms with Crippen LogP contribution >= 0.6 is 0 Å². The van der Waals surface area contributed by atoms with Crippen LogP contribution in [0.2, 0.25) is 0 Å². The summed E-state index contributed by atoms with van der Waals surface area (Å²) in [7, 11) is 0. The van der Waals surface area contributed by atoms with Gasteiger partial charge in [0.25, 0.3) is 0 Å². The lowest BCUT2D eigenvalue weighted by Gasteiger charge is -2.31. The van der Waals surface area contributed by atoms with Crippen LogP contribution in [0, 0.1) is 22.2 Å². The van der Waals surface area contributed by atoms with Crippen molar-refractivity contribution in [3.05, 3.63) is 0 Å². The van der Waals surface area contributed by atoms with Gasteiger partial charge in [-0.05, 0) is 29.7 Å². The van der Waals surface area contributed by atoms with Crippen LogP contribution in [0.5, 0.6) is 0 Å². The van der Waals surface area contributed by atoms with Crippen LogP contribution in [-0.4, -0.2) is 25.0 Å². The summed E-state index contributed by atoms with van der Waals surface area (Å²) in [5, 5.41) is 6.67. The van der Waals surface area contributed by atoms with Crippen molar-refractivity contribution in [3.63, 3.8) is 0 Å². The molecule has 1 atom stereocenters. The average molecular weight is 252 g/mol. The highest BCUT2D eigenvalue weighted by Crippen LogP contribution is 2.62. The molecule has 0 aromatic rings. The maximum absolute atomic E-state index is 12.7. The van der Waals surface area contributed by atoms with E-state index in [1.807, 2.05) is 0 Å². The average Bonchev–Trinajstić information content (AvgIpc) is 2.69. The van der Waals surface area contributed by atoms with Gasteiger partial charge in [-0.2, -0.15) is 0 Å². The van der Waals surface area contributed by atoms with Crippen LogP contribution in [0.1, 0.15) is 48.0 Å². The Morgan fingerprint density at radius 3 is 2.11 bits per heavy atom. The summed E-state index contributed by atoms with van der Waals surface area (Å²) < 4.78 is 0. The van der Waals surface area contributed by atoms with Gasteiger partial charge in [-0.1, -0.05) is 41.5 Å². The first kappa shape index (κ1) is 13.9. The summed E-state index contributed by atoms with van der Waals surface area (Å²) in [6.07, 6.45) is 0.962. The van der Waals surface area contributed by atoms with E-state index >= 15 is 0 Å². The van der Waals surface area contributed by atoms with Crippen molar-refractivity contribution in [1.29, 1.82) is 0 Å². The van der Waals surface area contributed by atoms with Crippen molar-refractivity contribution < 1.29 is 4.79 Å². The maximum atomic E-state index is 12.7. The summed E-state index contributed by atoms with van der Waals surface area (Å²) in [5.41, 5.74) is 0.231. The number of amides is 1. The van der Waals surface area contributed by atoms with E-state index < -0.39 is 0 Å². The Labute approximate surface area is 111 Å². The first-order valence-corrected chi connectivity index (χ1v) is 7.18. The maximum Gasteiger partial charge on any atom is 0.228 e. The van der Waals surface area contributed by atoms with E-state index in [0.29, 0.717) is 12.0 Å². The first-order valence-electron chi connectivity index (χ1n) is 7.18. The molecule has 1 heterocycles. The minimum absolute atomic E-state index is 0.200. The summed E-state index contributed by atoms with van der Waals surface area (Å²) >= 11 is 0. The van der Waals surface area contributed by atoms with Crippen LogP contribution in [0.15, 0.2) is 0 Å². The molecule has 2 rings (SSSR count). The second kappa shape index (κ2) is 3.96. The van der Waals surface area contributed by atoms with Gasteiger partial charge < -0.3 is 10.6 Å². The van der Waals surface area contributed by atoms with E-state index in [1.54, 1.807) is 0 Å². The molecule has 1 aliphatic heterocycles. The molecule has 0 bridgehead atoms. The molecular weight excluding hydrogens is 224 g/mol. The van der Waals surface area contributed by atoms with Crippen molar-refractivity contribution >= 4 is 5.91 Å². The quantitative estimate of drug-likeness (QED) is 0.808. The Hall–Kier alpha value is -0.570. The molecule has 3 nitrogen and oxygen atoms in total. The minimum Gasteiger partial charge on any atom is -0.352 e. The van der Waals surface area contributed by atoms with Crippen molar-refractivity contribution in [2.45, 2.75) is 54.0 Å². The Balaban J connectivity index is 2.09. The number of carbonyl (C=O) groups excluding carboxylic acids is 1. The number of hydrogen-bond donors (Lipinski definition) is 2. The molecule has 104 valence electrons. The van der Waals surface area contributed by atoms with Gasteiger partial charge >= 0.3 is 0 Å². The van der Waals surface area contributed by atoms with Gasteiger partial charge in [0, 0.05) is 12.6 Å². The fourth-order valence-corrected chi connectivity index (χ4v) is 3.49. The highest BCUT2D eigenvalue weighted by Gasteiger charge is 2.66. The molecule has 18 heavy (non-hydrogen) atoms. The molecular formula is C15H28N2O. The van der Waals surface area contributed by atoms with Crippen LogP contribution in [0.4, 0.5) is 0 Å². The fourth-order valence-electron chi connectivity index (χ4n) is 3.49. The van der Waals surface area contributed by atoms with E-state index in [2.05, 4.69) is 52.2 Å². The summed E-state index contributed by atoms with van der Waals surface area (Å²) in [6, 6.07) is 0.314. The summed E-state index contributed by atoms with van der Waals surface area (Å²) in [4.78, 5) is 12.7. The zero-order valence-corrected chi connectivity index (χ0v) is 12.7. The highest BCUT2D eigenvalue weighted by atomic mass is 16.2. The highest BCUT2D eigenvalue weighted by molar-refractivity contribution is 5.84. The third kappa shape index (κ3) is 1.70. The van der Waals surface area contributed by atoms with Crippen molar-refractivity contribution in [2.75, 3.05) is 13.1 Å². The molecule has 0 radical (unpaired) electrons. The standard InChI is InChI=1S/C15H28N2O/c1-10(2)15(7-8-16-9-15)12(18)17-11-13(3,4)14(11,5)6/h10-11,16H,7-9H2,1-6H3,(H,17,18). The monoisotopic (exact) mass is 252 g/mol. The lowest BCUT2D eigenvalue weighted by molar-refractivity contribution is -0.132. The van der Waals surface area contributed by atoms with E-state index in [4.69, 9.17) is 0 Å². The van der Waals surface area contributed by atoms with E-state index in [0.717, 1.165) is 19.5 Å².